The maximum Gasteiger partial charge on any atom is 0.241 e. The van der Waals surface area contributed by atoms with E-state index >= 15 is 0 Å². The van der Waals surface area contributed by atoms with E-state index in [1.165, 1.54) is 19.3 Å². The summed E-state index contributed by atoms with van der Waals surface area (Å²) >= 11 is 4.95. The zero-order valence-corrected chi connectivity index (χ0v) is 13.7. The molecule has 4 nitrogen and oxygen atoms in total. The number of nitrogens with two attached hydrogens (primary N) is 1. The Labute approximate surface area is 132 Å². The molecule has 3 N–H and O–H groups in total. The van der Waals surface area contributed by atoms with Gasteiger partial charge >= 0.3 is 0 Å². The van der Waals surface area contributed by atoms with Gasteiger partial charge in [0.2, 0.25) is 10.0 Å². The smallest absolute Gasteiger partial charge is 0.241 e. The Morgan fingerprint density at radius 1 is 1.10 bits per heavy atom. The van der Waals surface area contributed by atoms with Gasteiger partial charge in [-0.2, -0.15) is 0 Å². The van der Waals surface area contributed by atoms with Crippen LogP contribution in [0.25, 0.3) is 0 Å². The van der Waals surface area contributed by atoms with Crippen LogP contribution in [-0.4, -0.2) is 19.4 Å². The van der Waals surface area contributed by atoms with Gasteiger partial charge in [0.1, 0.15) is 4.99 Å². The first-order chi connectivity index (χ1) is 10.0. The molecule has 0 spiro atoms. The second-order valence-electron chi connectivity index (χ2n) is 5.52. The summed E-state index contributed by atoms with van der Waals surface area (Å²) in [5.74, 6) is 0. The predicted molar refractivity (Wildman–Crippen MR) is 88.8 cm³/mol. The number of benzene rings is 1. The Bertz CT molecular complexity index is 591. The van der Waals surface area contributed by atoms with E-state index in [1.807, 2.05) is 0 Å². The third-order valence-electron chi connectivity index (χ3n) is 3.87. The van der Waals surface area contributed by atoms with Gasteiger partial charge in [-0.1, -0.05) is 62.5 Å². The Hall–Kier alpha value is -0.980. The Kier molecular flexibility index (Phi) is 5.72. The van der Waals surface area contributed by atoms with Crippen molar-refractivity contribution in [2.24, 2.45) is 5.73 Å². The molecule has 0 amide bonds. The van der Waals surface area contributed by atoms with E-state index < -0.39 is 10.0 Å². The van der Waals surface area contributed by atoms with Crippen LogP contribution < -0.4 is 10.5 Å². The largest absolute Gasteiger partial charge is 0.389 e. The van der Waals surface area contributed by atoms with Crippen LogP contribution in [0.5, 0.6) is 0 Å². The topological polar surface area (TPSA) is 72.2 Å². The molecule has 1 aliphatic rings. The number of thiocarbonyl (C=S) groups is 1. The van der Waals surface area contributed by atoms with Crippen LogP contribution in [0.1, 0.15) is 50.5 Å². The first kappa shape index (κ1) is 16.4. The van der Waals surface area contributed by atoms with Crippen molar-refractivity contribution in [1.82, 2.24) is 4.72 Å². The molecule has 1 aromatic carbocycles. The number of nitrogens with one attached hydrogen (secondary N) is 1. The van der Waals surface area contributed by atoms with E-state index in [0.29, 0.717) is 5.56 Å². The first-order valence-electron chi connectivity index (χ1n) is 7.42. The highest BCUT2D eigenvalue weighted by Gasteiger charge is 2.23. The van der Waals surface area contributed by atoms with Crippen LogP contribution in [0.4, 0.5) is 0 Å². The molecule has 6 heteroatoms. The van der Waals surface area contributed by atoms with Crippen molar-refractivity contribution in [2.75, 3.05) is 0 Å². The van der Waals surface area contributed by atoms with Gasteiger partial charge in [0, 0.05) is 11.6 Å². The minimum Gasteiger partial charge on any atom is -0.389 e. The quantitative estimate of drug-likeness (QED) is 0.835. The monoisotopic (exact) mass is 326 g/mol. The maximum absolute atomic E-state index is 12.6. The Morgan fingerprint density at radius 2 is 1.67 bits per heavy atom. The van der Waals surface area contributed by atoms with Crippen molar-refractivity contribution in [2.45, 2.75) is 55.9 Å². The summed E-state index contributed by atoms with van der Waals surface area (Å²) < 4.78 is 28.0. The van der Waals surface area contributed by atoms with Crippen LogP contribution in [-0.2, 0) is 10.0 Å². The Morgan fingerprint density at radius 3 is 2.29 bits per heavy atom. The molecule has 0 aromatic heterocycles. The number of rotatable bonds is 4. The molecule has 0 atom stereocenters. The van der Waals surface area contributed by atoms with Gasteiger partial charge in [-0.25, -0.2) is 13.1 Å². The van der Waals surface area contributed by atoms with E-state index in [2.05, 4.69) is 4.72 Å². The second-order valence-corrected chi connectivity index (χ2v) is 7.65. The van der Waals surface area contributed by atoms with Crippen molar-refractivity contribution < 1.29 is 8.42 Å². The molecule has 0 radical (unpaired) electrons. The zero-order valence-electron chi connectivity index (χ0n) is 12.0. The summed E-state index contributed by atoms with van der Waals surface area (Å²) in [7, 11) is -3.58. The molecule has 1 fully saturated rings. The zero-order chi connectivity index (χ0) is 15.3. The minimum atomic E-state index is -3.58. The first-order valence-corrected chi connectivity index (χ1v) is 9.31. The summed E-state index contributed by atoms with van der Waals surface area (Å²) in [6, 6.07) is 6.64. The molecule has 0 unspecified atom stereocenters. The summed E-state index contributed by atoms with van der Waals surface area (Å²) in [5.41, 5.74) is 6.04. The summed E-state index contributed by atoms with van der Waals surface area (Å²) in [4.78, 5) is 0.285. The standard InChI is InChI=1S/C15H22N2O2S2/c16-15(20)13-10-6-7-11-14(13)21(18,19)17-12-8-4-2-1-3-5-9-12/h6-7,10-12,17H,1-5,8-9H2,(H2,16,20). The summed E-state index contributed by atoms with van der Waals surface area (Å²) in [5, 5.41) is 0. The second kappa shape index (κ2) is 7.33. The van der Waals surface area contributed by atoms with Gasteiger partial charge in [-0.3, -0.25) is 0 Å². The molecule has 0 bridgehead atoms. The maximum atomic E-state index is 12.6. The van der Waals surface area contributed by atoms with Crippen LogP contribution in [0, 0.1) is 0 Å². The molecule has 0 saturated heterocycles. The molecule has 1 saturated carbocycles. The molecule has 116 valence electrons. The van der Waals surface area contributed by atoms with E-state index in [1.54, 1.807) is 24.3 Å². The highest BCUT2D eigenvalue weighted by atomic mass is 32.2. The molecule has 1 aromatic rings. The minimum absolute atomic E-state index is 0.00898. The molecule has 1 aliphatic carbocycles. The van der Waals surface area contributed by atoms with Gasteiger partial charge in [0.05, 0.1) is 4.90 Å². The summed E-state index contributed by atoms with van der Waals surface area (Å²) in [6.07, 6.45) is 7.56. The van der Waals surface area contributed by atoms with Gasteiger partial charge in [-0.15, -0.1) is 0 Å². The molecule has 2 rings (SSSR count). The number of hydrogen-bond donors (Lipinski definition) is 2. The Balaban J connectivity index is 2.19. The van der Waals surface area contributed by atoms with Crippen LogP contribution >= 0.6 is 12.2 Å². The van der Waals surface area contributed by atoms with Gasteiger partial charge in [0.15, 0.2) is 0 Å². The summed E-state index contributed by atoms with van der Waals surface area (Å²) in [6.45, 7) is 0. The average Bonchev–Trinajstić information content (AvgIpc) is 2.41. The highest BCUT2D eigenvalue weighted by Crippen LogP contribution is 2.21. The lowest BCUT2D eigenvalue weighted by Crippen LogP contribution is -2.36. The highest BCUT2D eigenvalue weighted by molar-refractivity contribution is 7.89. The van der Waals surface area contributed by atoms with Crippen molar-refractivity contribution in [3.63, 3.8) is 0 Å². The van der Waals surface area contributed by atoms with Crippen LogP contribution in [0.3, 0.4) is 0 Å². The molecule has 21 heavy (non-hydrogen) atoms. The third-order valence-corrected chi connectivity index (χ3v) is 5.67. The molecule has 0 aliphatic heterocycles. The fraction of sp³-hybridized carbons (Fsp3) is 0.533. The lowest BCUT2D eigenvalue weighted by atomic mass is 9.97. The van der Waals surface area contributed by atoms with Gasteiger partial charge in [0.25, 0.3) is 0 Å². The SMILES string of the molecule is NC(=S)c1ccccc1S(=O)(=O)NC1CCCCCCC1. The molecular weight excluding hydrogens is 304 g/mol. The predicted octanol–water partition coefficient (Wildman–Crippen LogP) is 2.71. The van der Waals surface area contributed by atoms with Crippen LogP contribution in [0.2, 0.25) is 0 Å². The molecular formula is C15H22N2O2S2. The van der Waals surface area contributed by atoms with Crippen molar-refractivity contribution in [3.8, 4) is 0 Å². The fourth-order valence-corrected chi connectivity index (χ4v) is 4.53. The number of hydrogen-bond acceptors (Lipinski definition) is 3. The van der Waals surface area contributed by atoms with Crippen molar-refractivity contribution in [1.29, 1.82) is 0 Å². The van der Waals surface area contributed by atoms with E-state index in [4.69, 9.17) is 18.0 Å². The van der Waals surface area contributed by atoms with E-state index in [0.717, 1.165) is 25.7 Å². The normalized spacial score (nSPS) is 17.9. The average molecular weight is 326 g/mol. The van der Waals surface area contributed by atoms with E-state index in [9.17, 15) is 8.42 Å². The van der Waals surface area contributed by atoms with Crippen molar-refractivity contribution in [3.05, 3.63) is 29.8 Å². The lowest BCUT2D eigenvalue weighted by Gasteiger charge is -2.21. The van der Waals surface area contributed by atoms with Gasteiger partial charge < -0.3 is 5.73 Å². The van der Waals surface area contributed by atoms with Gasteiger partial charge in [-0.05, 0) is 18.9 Å². The third kappa shape index (κ3) is 4.49. The molecule has 0 heterocycles. The van der Waals surface area contributed by atoms with Crippen LogP contribution in [0.15, 0.2) is 29.2 Å². The fourth-order valence-electron chi connectivity index (χ4n) is 2.76. The van der Waals surface area contributed by atoms with E-state index in [-0.39, 0.29) is 15.9 Å². The number of sulfonamides is 1. The van der Waals surface area contributed by atoms with Crippen molar-refractivity contribution >= 4 is 27.2 Å². The lowest BCUT2D eigenvalue weighted by molar-refractivity contribution is 0.426.